The fraction of sp³-hybridized carbons (Fsp3) is 0.208. The van der Waals surface area contributed by atoms with Crippen LogP contribution in [-0.4, -0.2) is 32.7 Å². The molecular weight excluding hydrogens is 437 g/mol. The minimum absolute atomic E-state index is 0.130. The minimum Gasteiger partial charge on any atom is -0.479 e. The maximum atomic E-state index is 12.7. The van der Waals surface area contributed by atoms with Gasteiger partial charge in [0.25, 0.3) is 0 Å². The quantitative estimate of drug-likeness (QED) is 0.465. The number of hydrogen-bond acceptors (Lipinski definition) is 4. The summed E-state index contributed by atoms with van der Waals surface area (Å²) in [7, 11) is 0. The van der Waals surface area contributed by atoms with E-state index in [4.69, 9.17) is 9.84 Å². The monoisotopic (exact) mass is 458 g/mol. The zero-order valence-corrected chi connectivity index (χ0v) is 17.6. The Kier molecular flexibility index (Phi) is 7.44. The predicted molar refractivity (Wildman–Crippen MR) is 114 cm³/mol. The summed E-state index contributed by atoms with van der Waals surface area (Å²) >= 11 is 0. The average Bonchev–Trinajstić information content (AvgIpc) is 3.26. The predicted octanol–water partition coefficient (Wildman–Crippen LogP) is 4.84. The first kappa shape index (κ1) is 23.9. The number of carboxylic acids is 1. The summed E-state index contributed by atoms with van der Waals surface area (Å²) in [5, 5.41) is 13.0. The largest absolute Gasteiger partial charge is 0.479 e. The maximum absolute atomic E-state index is 12.7. The zero-order valence-electron chi connectivity index (χ0n) is 17.6. The molecule has 0 amide bonds. The summed E-state index contributed by atoms with van der Waals surface area (Å²) < 4.78 is 44.8. The van der Waals surface area contributed by atoms with Crippen molar-refractivity contribution in [2.24, 2.45) is 0 Å². The number of allylic oxidation sites excluding steroid dienone is 1. The van der Waals surface area contributed by atoms with Crippen LogP contribution in [0, 0.1) is 0 Å². The van der Waals surface area contributed by atoms with E-state index >= 15 is 0 Å². The van der Waals surface area contributed by atoms with Crippen LogP contribution in [0.5, 0.6) is 0 Å². The number of benzene rings is 2. The van der Waals surface area contributed by atoms with Crippen molar-refractivity contribution < 1.29 is 32.6 Å². The van der Waals surface area contributed by atoms with Gasteiger partial charge in [0.1, 0.15) is 5.69 Å². The lowest BCUT2D eigenvalue weighted by molar-refractivity contribution is -0.149. The molecule has 0 radical (unpaired) electrons. The van der Waals surface area contributed by atoms with E-state index in [9.17, 15) is 22.8 Å². The van der Waals surface area contributed by atoms with Gasteiger partial charge in [-0.2, -0.15) is 18.3 Å². The Hall–Kier alpha value is -3.72. The van der Waals surface area contributed by atoms with Gasteiger partial charge >= 0.3 is 12.1 Å². The van der Waals surface area contributed by atoms with E-state index in [1.807, 2.05) is 36.4 Å². The fourth-order valence-electron chi connectivity index (χ4n) is 2.86. The number of halogens is 3. The van der Waals surface area contributed by atoms with E-state index in [1.165, 1.54) is 13.0 Å². The number of rotatable bonds is 9. The van der Waals surface area contributed by atoms with Gasteiger partial charge in [-0.15, -0.1) is 0 Å². The van der Waals surface area contributed by atoms with Crippen LogP contribution in [0.15, 0.2) is 66.9 Å². The number of ether oxygens (including phenoxy) is 1. The SMILES string of the molecule is C[C@@H](OCc1ccc(C=CCn2ccc(C(=O)c3ccc(C(F)(F)F)cc3)n2)cc1)C(=O)O. The third-order valence-corrected chi connectivity index (χ3v) is 4.78. The van der Waals surface area contributed by atoms with Crippen LogP contribution in [0.1, 0.15) is 39.7 Å². The van der Waals surface area contributed by atoms with Crippen LogP contribution in [0.2, 0.25) is 0 Å². The number of ketones is 1. The van der Waals surface area contributed by atoms with Crippen LogP contribution in [-0.2, 0) is 28.9 Å². The smallest absolute Gasteiger partial charge is 0.416 e. The van der Waals surface area contributed by atoms with Crippen LogP contribution in [0.3, 0.4) is 0 Å². The van der Waals surface area contributed by atoms with E-state index in [-0.39, 0.29) is 17.9 Å². The van der Waals surface area contributed by atoms with Crippen molar-refractivity contribution in [3.05, 3.63) is 94.8 Å². The molecule has 1 atom stereocenters. The van der Waals surface area contributed by atoms with Crippen molar-refractivity contribution in [2.45, 2.75) is 32.4 Å². The molecule has 6 nitrogen and oxygen atoms in total. The third kappa shape index (κ3) is 6.63. The van der Waals surface area contributed by atoms with Gasteiger partial charge in [-0.05, 0) is 36.2 Å². The number of hydrogen-bond donors (Lipinski definition) is 1. The first-order chi connectivity index (χ1) is 15.6. The molecule has 1 N–H and O–H groups in total. The average molecular weight is 458 g/mol. The summed E-state index contributed by atoms with van der Waals surface area (Å²) in [6.07, 6.45) is -0.00974. The summed E-state index contributed by atoms with van der Waals surface area (Å²) in [6, 6.07) is 12.9. The Morgan fingerprint density at radius 3 is 2.36 bits per heavy atom. The van der Waals surface area contributed by atoms with Crippen molar-refractivity contribution >= 4 is 17.8 Å². The lowest BCUT2D eigenvalue weighted by Crippen LogP contribution is -2.19. The molecule has 1 heterocycles. The van der Waals surface area contributed by atoms with E-state index in [1.54, 1.807) is 10.9 Å². The fourth-order valence-corrected chi connectivity index (χ4v) is 2.86. The number of nitrogens with zero attached hydrogens (tertiary/aromatic N) is 2. The second-order valence-corrected chi connectivity index (χ2v) is 7.26. The molecule has 172 valence electrons. The summed E-state index contributed by atoms with van der Waals surface area (Å²) in [4.78, 5) is 23.2. The number of aromatic nitrogens is 2. The number of carboxylic acid groups (broad SMARTS) is 1. The molecule has 0 bridgehead atoms. The molecule has 0 aliphatic heterocycles. The zero-order chi connectivity index (χ0) is 24.0. The Morgan fingerprint density at radius 1 is 1.09 bits per heavy atom. The van der Waals surface area contributed by atoms with Gasteiger partial charge in [-0.25, -0.2) is 4.79 Å². The molecule has 0 fully saturated rings. The first-order valence-electron chi connectivity index (χ1n) is 9.99. The molecule has 0 saturated heterocycles. The molecule has 3 rings (SSSR count). The van der Waals surface area contributed by atoms with Crippen molar-refractivity contribution in [1.82, 2.24) is 9.78 Å². The molecule has 3 aromatic rings. The third-order valence-electron chi connectivity index (χ3n) is 4.78. The van der Waals surface area contributed by atoms with Crippen molar-refractivity contribution in [3.63, 3.8) is 0 Å². The van der Waals surface area contributed by atoms with Gasteiger partial charge < -0.3 is 9.84 Å². The Bertz CT molecular complexity index is 1130. The van der Waals surface area contributed by atoms with E-state index < -0.39 is 29.6 Å². The second-order valence-electron chi connectivity index (χ2n) is 7.26. The van der Waals surface area contributed by atoms with Gasteiger partial charge in [-0.1, -0.05) is 48.6 Å². The maximum Gasteiger partial charge on any atom is 0.416 e. The van der Waals surface area contributed by atoms with Crippen LogP contribution < -0.4 is 0 Å². The van der Waals surface area contributed by atoms with Crippen LogP contribution >= 0.6 is 0 Å². The molecule has 0 aliphatic carbocycles. The Balaban J connectivity index is 1.55. The molecule has 0 saturated carbocycles. The number of alkyl halides is 3. The van der Waals surface area contributed by atoms with Gasteiger partial charge in [0.15, 0.2) is 6.10 Å². The van der Waals surface area contributed by atoms with E-state index in [0.717, 1.165) is 35.4 Å². The molecule has 0 aliphatic rings. The van der Waals surface area contributed by atoms with Gasteiger partial charge in [-0.3, -0.25) is 9.48 Å². The summed E-state index contributed by atoms with van der Waals surface area (Å²) in [5.41, 5.74) is 1.22. The first-order valence-corrected chi connectivity index (χ1v) is 9.99. The minimum atomic E-state index is -4.46. The summed E-state index contributed by atoms with van der Waals surface area (Å²) in [5.74, 6) is -1.47. The molecule has 0 unspecified atom stereocenters. The van der Waals surface area contributed by atoms with Crippen molar-refractivity contribution in [3.8, 4) is 0 Å². The van der Waals surface area contributed by atoms with E-state index in [2.05, 4.69) is 5.10 Å². The highest BCUT2D eigenvalue weighted by molar-refractivity contribution is 6.07. The summed E-state index contributed by atoms with van der Waals surface area (Å²) in [6.45, 7) is 2.05. The van der Waals surface area contributed by atoms with Gasteiger partial charge in [0.2, 0.25) is 5.78 Å². The van der Waals surface area contributed by atoms with Crippen molar-refractivity contribution in [1.29, 1.82) is 0 Å². The normalized spacial score (nSPS) is 12.7. The van der Waals surface area contributed by atoms with Crippen LogP contribution in [0.25, 0.3) is 6.08 Å². The Labute approximate surface area is 187 Å². The second kappa shape index (κ2) is 10.3. The molecule has 2 aromatic carbocycles. The number of aliphatic carboxylic acids is 1. The highest BCUT2D eigenvalue weighted by Crippen LogP contribution is 2.29. The van der Waals surface area contributed by atoms with Crippen molar-refractivity contribution in [2.75, 3.05) is 0 Å². The number of carbonyl (C=O) groups excluding carboxylic acids is 1. The Morgan fingerprint density at radius 2 is 1.76 bits per heavy atom. The molecule has 9 heteroatoms. The van der Waals surface area contributed by atoms with Gasteiger partial charge in [0, 0.05) is 11.8 Å². The van der Waals surface area contributed by atoms with Gasteiger partial charge in [0.05, 0.1) is 18.7 Å². The molecule has 33 heavy (non-hydrogen) atoms. The molecule has 1 aromatic heterocycles. The van der Waals surface area contributed by atoms with Crippen LogP contribution in [0.4, 0.5) is 13.2 Å². The molecular formula is C24H21F3N2O4. The lowest BCUT2D eigenvalue weighted by atomic mass is 10.1. The standard InChI is InChI=1S/C24H21F3N2O4/c1-16(23(31)32)33-15-18-6-4-17(5-7-18)3-2-13-29-14-12-21(28-29)22(30)19-8-10-20(11-9-19)24(25,26)27/h2-12,14,16H,13,15H2,1H3,(H,31,32)/t16-/m1/s1. The highest BCUT2D eigenvalue weighted by Gasteiger charge is 2.30. The topological polar surface area (TPSA) is 81.4 Å². The number of carbonyl (C=O) groups is 2. The van der Waals surface area contributed by atoms with E-state index in [0.29, 0.717) is 6.54 Å². The highest BCUT2D eigenvalue weighted by atomic mass is 19.4. The lowest BCUT2D eigenvalue weighted by Gasteiger charge is -2.08. The molecule has 0 spiro atoms.